The molecule has 0 radical (unpaired) electrons. The average molecular weight is 496 g/mol. The molecule has 0 aromatic heterocycles. The standard InChI is InChI=1S/C20H40N4O2.HI/c1-21-20(22-12-8-13-25-16-18-11-7-14-26-18)23-15-19(24(2)3)17-9-5-4-6-10-17;/h17-19H,4-16H2,1-3H3,(H2,21,22,23);1H. The number of nitrogens with one attached hydrogen (secondary N) is 2. The van der Waals surface area contributed by atoms with Crippen molar-refractivity contribution in [2.75, 3.05) is 54.1 Å². The first-order valence-electron chi connectivity index (χ1n) is 10.5. The van der Waals surface area contributed by atoms with E-state index in [1.807, 2.05) is 7.05 Å². The fourth-order valence-electron chi connectivity index (χ4n) is 4.08. The molecule has 1 aliphatic carbocycles. The van der Waals surface area contributed by atoms with E-state index in [1.54, 1.807) is 0 Å². The summed E-state index contributed by atoms with van der Waals surface area (Å²) in [5.41, 5.74) is 0. The molecule has 2 N–H and O–H groups in total. The second-order valence-electron chi connectivity index (χ2n) is 7.87. The van der Waals surface area contributed by atoms with Crippen LogP contribution in [0.5, 0.6) is 0 Å². The largest absolute Gasteiger partial charge is 0.379 e. The van der Waals surface area contributed by atoms with Crippen LogP contribution in [0.1, 0.15) is 51.4 Å². The van der Waals surface area contributed by atoms with Crippen LogP contribution in [-0.2, 0) is 9.47 Å². The first-order chi connectivity index (χ1) is 12.7. The van der Waals surface area contributed by atoms with Crippen LogP contribution in [0.25, 0.3) is 0 Å². The van der Waals surface area contributed by atoms with E-state index in [0.29, 0.717) is 12.1 Å². The first-order valence-corrected chi connectivity index (χ1v) is 10.5. The predicted molar refractivity (Wildman–Crippen MR) is 123 cm³/mol. The Labute approximate surface area is 183 Å². The zero-order valence-corrected chi connectivity index (χ0v) is 19.9. The fraction of sp³-hybridized carbons (Fsp3) is 0.950. The molecule has 0 spiro atoms. The summed E-state index contributed by atoms with van der Waals surface area (Å²) >= 11 is 0. The number of aliphatic imine (C=N–C) groups is 1. The van der Waals surface area contributed by atoms with E-state index in [1.165, 1.54) is 38.5 Å². The third kappa shape index (κ3) is 9.76. The maximum absolute atomic E-state index is 5.71. The molecule has 1 aliphatic heterocycles. The maximum Gasteiger partial charge on any atom is 0.191 e. The Balaban J connectivity index is 0.00000364. The van der Waals surface area contributed by atoms with Gasteiger partial charge >= 0.3 is 0 Å². The van der Waals surface area contributed by atoms with Crippen molar-refractivity contribution in [3.63, 3.8) is 0 Å². The van der Waals surface area contributed by atoms with E-state index >= 15 is 0 Å². The summed E-state index contributed by atoms with van der Waals surface area (Å²) in [7, 11) is 6.24. The molecular weight excluding hydrogens is 455 g/mol. The second kappa shape index (κ2) is 14.8. The number of guanidine groups is 1. The van der Waals surface area contributed by atoms with Gasteiger partial charge in [-0.2, -0.15) is 0 Å². The highest BCUT2D eigenvalue weighted by Crippen LogP contribution is 2.28. The molecule has 6 nitrogen and oxygen atoms in total. The Morgan fingerprint density at radius 1 is 1.15 bits per heavy atom. The molecule has 160 valence electrons. The Morgan fingerprint density at radius 3 is 2.56 bits per heavy atom. The third-order valence-corrected chi connectivity index (χ3v) is 5.65. The minimum atomic E-state index is 0. The summed E-state index contributed by atoms with van der Waals surface area (Å²) in [5, 5.41) is 6.92. The first kappa shape index (κ1) is 24.9. The van der Waals surface area contributed by atoms with Crippen molar-refractivity contribution in [2.24, 2.45) is 10.9 Å². The van der Waals surface area contributed by atoms with Gasteiger partial charge in [-0.15, -0.1) is 24.0 Å². The van der Waals surface area contributed by atoms with Gasteiger partial charge in [0.2, 0.25) is 0 Å². The lowest BCUT2D eigenvalue weighted by Crippen LogP contribution is -2.48. The topological polar surface area (TPSA) is 58.1 Å². The van der Waals surface area contributed by atoms with Crippen LogP contribution in [0, 0.1) is 5.92 Å². The number of likely N-dealkylation sites (N-methyl/N-ethyl adjacent to an activating group) is 1. The maximum atomic E-state index is 5.71. The summed E-state index contributed by atoms with van der Waals surface area (Å²) in [4.78, 5) is 6.73. The molecule has 2 unspecified atom stereocenters. The zero-order valence-electron chi connectivity index (χ0n) is 17.5. The number of hydrogen-bond donors (Lipinski definition) is 2. The van der Waals surface area contributed by atoms with Crippen LogP contribution in [0.15, 0.2) is 4.99 Å². The predicted octanol–water partition coefficient (Wildman–Crippen LogP) is 2.87. The van der Waals surface area contributed by atoms with Gasteiger partial charge in [0, 0.05) is 39.4 Å². The van der Waals surface area contributed by atoms with E-state index in [9.17, 15) is 0 Å². The van der Waals surface area contributed by atoms with Gasteiger partial charge in [0.25, 0.3) is 0 Å². The second-order valence-corrected chi connectivity index (χ2v) is 7.87. The number of ether oxygens (including phenoxy) is 2. The lowest BCUT2D eigenvalue weighted by atomic mass is 9.83. The molecule has 0 aromatic rings. The molecule has 7 heteroatoms. The molecule has 0 bridgehead atoms. The van der Waals surface area contributed by atoms with E-state index in [2.05, 4.69) is 34.6 Å². The summed E-state index contributed by atoms with van der Waals surface area (Å²) in [6, 6.07) is 0.573. The lowest BCUT2D eigenvalue weighted by Gasteiger charge is -2.35. The zero-order chi connectivity index (χ0) is 18.6. The van der Waals surface area contributed by atoms with Crippen LogP contribution in [0.3, 0.4) is 0 Å². The molecule has 1 saturated heterocycles. The van der Waals surface area contributed by atoms with E-state index < -0.39 is 0 Å². The number of hydrogen-bond acceptors (Lipinski definition) is 4. The highest BCUT2D eigenvalue weighted by molar-refractivity contribution is 14.0. The molecule has 2 atom stereocenters. The molecule has 0 amide bonds. The van der Waals surface area contributed by atoms with Gasteiger partial charge in [0.05, 0.1) is 12.7 Å². The highest BCUT2D eigenvalue weighted by atomic mass is 127. The van der Waals surface area contributed by atoms with Crippen molar-refractivity contribution >= 4 is 29.9 Å². The highest BCUT2D eigenvalue weighted by Gasteiger charge is 2.25. The van der Waals surface area contributed by atoms with Gasteiger partial charge in [-0.1, -0.05) is 19.3 Å². The monoisotopic (exact) mass is 496 g/mol. The van der Waals surface area contributed by atoms with Crippen LogP contribution in [0.4, 0.5) is 0 Å². The van der Waals surface area contributed by atoms with Crippen molar-refractivity contribution in [2.45, 2.75) is 63.5 Å². The van der Waals surface area contributed by atoms with Crippen molar-refractivity contribution in [1.29, 1.82) is 0 Å². The molecule has 1 heterocycles. The fourth-order valence-corrected chi connectivity index (χ4v) is 4.08. The van der Waals surface area contributed by atoms with Crippen LogP contribution >= 0.6 is 24.0 Å². The molecule has 2 aliphatic rings. The van der Waals surface area contributed by atoms with Gasteiger partial charge in [-0.3, -0.25) is 4.99 Å². The molecule has 2 rings (SSSR count). The van der Waals surface area contributed by atoms with E-state index in [4.69, 9.17) is 9.47 Å². The van der Waals surface area contributed by atoms with Crippen LogP contribution in [-0.4, -0.2) is 77.1 Å². The molecule has 27 heavy (non-hydrogen) atoms. The van der Waals surface area contributed by atoms with Gasteiger partial charge in [0.1, 0.15) is 0 Å². The van der Waals surface area contributed by atoms with Gasteiger partial charge in [-0.05, 0) is 52.1 Å². The summed E-state index contributed by atoms with van der Waals surface area (Å²) < 4.78 is 11.3. The van der Waals surface area contributed by atoms with Crippen molar-refractivity contribution in [3.05, 3.63) is 0 Å². The Kier molecular flexibility index (Phi) is 13.7. The Hall–Kier alpha value is -0.120. The van der Waals surface area contributed by atoms with Gasteiger partial charge < -0.3 is 25.0 Å². The minimum Gasteiger partial charge on any atom is -0.379 e. The molecular formula is C20H41IN4O2. The van der Waals surface area contributed by atoms with Gasteiger partial charge in [0.15, 0.2) is 5.96 Å². The minimum absolute atomic E-state index is 0. The number of halogens is 1. The van der Waals surface area contributed by atoms with Crippen LogP contribution < -0.4 is 10.6 Å². The normalized spacial score (nSPS) is 22.5. The van der Waals surface area contributed by atoms with E-state index in [0.717, 1.165) is 57.6 Å². The van der Waals surface area contributed by atoms with Gasteiger partial charge in [-0.25, -0.2) is 0 Å². The summed E-state index contributed by atoms with van der Waals surface area (Å²) in [6.45, 7) is 4.23. The Morgan fingerprint density at radius 2 is 1.93 bits per heavy atom. The quantitative estimate of drug-likeness (QED) is 0.211. The number of nitrogens with zero attached hydrogens (tertiary/aromatic N) is 2. The molecule has 0 aromatic carbocycles. The van der Waals surface area contributed by atoms with Crippen molar-refractivity contribution in [3.8, 4) is 0 Å². The van der Waals surface area contributed by atoms with Crippen molar-refractivity contribution < 1.29 is 9.47 Å². The third-order valence-electron chi connectivity index (χ3n) is 5.65. The SMILES string of the molecule is CN=C(NCCCOCC1CCCO1)NCC(C1CCCCC1)N(C)C.I. The summed E-state index contributed by atoms with van der Waals surface area (Å²) in [6.07, 6.45) is 10.5. The molecule has 1 saturated carbocycles. The van der Waals surface area contributed by atoms with E-state index in [-0.39, 0.29) is 24.0 Å². The Bertz CT molecular complexity index is 397. The lowest BCUT2D eigenvalue weighted by molar-refractivity contribution is 0.0168. The van der Waals surface area contributed by atoms with Crippen LogP contribution in [0.2, 0.25) is 0 Å². The smallest absolute Gasteiger partial charge is 0.191 e. The summed E-state index contributed by atoms with van der Waals surface area (Å²) in [5.74, 6) is 1.70. The van der Waals surface area contributed by atoms with Crippen molar-refractivity contribution in [1.82, 2.24) is 15.5 Å². The number of rotatable bonds is 10. The molecule has 2 fully saturated rings. The average Bonchev–Trinajstić information content (AvgIpc) is 3.17.